The number of sulfonamides is 1. The maximum atomic E-state index is 11.5. The first kappa shape index (κ1) is 21.8. The zero-order valence-corrected chi connectivity index (χ0v) is 16.3. The van der Waals surface area contributed by atoms with Crippen LogP contribution < -0.4 is 5.73 Å². The summed E-state index contributed by atoms with van der Waals surface area (Å²) in [5.74, 6) is 0.390. The number of nitrogens with two attached hydrogens (primary N) is 1. The first-order valence-corrected chi connectivity index (χ1v) is 10.1. The van der Waals surface area contributed by atoms with Crippen molar-refractivity contribution in [2.75, 3.05) is 26.0 Å². The minimum Gasteiger partial charge on any atom is -0.375 e. The average molecular weight is 337 g/mol. The first-order chi connectivity index (χ1) is 9.92. The molecule has 2 N–H and O–H groups in total. The quantitative estimate of drug-likeness (QED) is 0.809. The van der Waals surface area contributed by atoms with Gasteiger partial charge in [0.2, 0.25) is 10.0 Å². The maximum absolute atomic E-state index is 11.5. The summed E-state index contributed by atoms with van der Waals surface area (Å²) in [5.41, 5.74) is 5.52. The van der Waals surface area contributed by atoms with E-state index in [1.165, 1.54) is 6.26 Å². The van der Waals surface area contributed by atoms with E-state index in [0.29, 0.717) is 25.6 Å². The molecule has 1 rings (SSSR count). The minimum absolute atomic E-state index is 0.213. The van der Waals surface area contributed by atoms with Crippen molar-refractivity contribution in [3.8, 4) is 0 Å². The molecule has 1 saturated heterocycles. The van der Waals surface area contributed by atoms with Crippen molar-refractivity contribution < 1.29 is 13.2 Å². The fraction of sp³-hybridized carbons (Fsp3) is 1.00. The van der Waals surface area contributed by atoms with E-state index in [4.69, 9.17) is 10.5 Å². The van der Waals surface area contributed by atoms with Crippen LogP contribution in [0.1, 0.15) is 60.8 Å². The Morgan fingerprint density at radius 3 is 1.95 bits per heavy atom. The van der Waals surface area contributed by atoms with Crippen LogP contribution in [0.4, 0.5) is 0 Å². The predicted molar refractivity (Wildman–Crippen MR) is 93.4 cm³/mol. The Bertz CT molecular complexity index is 406. The van der Waals surface area contributed by atoms with Gasteiger partial charge in [0.05, 0.1) is 11.9 Å². The molecule has 0 aliphatic carbocycles. The summed E-state index contributed by atoms with van der Waals surface area (Å²) in [4.78, 5) is 0. The second kappa shape index (κ2) is 8.62. The summed E-state index contributed by atoms with van der Waals surface area (Å²) in [5, 5.41) is 0. The molecule has 134 valence electrons. The first-order valence-electron chi connectivity index (χ1n) is 8.30. The van der Waals surface area contributed by atoms with Crippen LogP contribution in [0.15, 0.2) is 0 Å². The van der Waals surface area contributed by atoms with Crippen molar-refractivity contribution in [1.82, 2.24) is 4.31 Å². The molecule has 6 heteroatoms. The molecule has 1 aliphatic rings. The Labute approximate surface area is 137 Å². The molecule has 0 aromatic heterocycles. The van der Waals surface area contributed by atoms with Crippen LogP contribution in [0, 0.1) is 5.92 Å². The number of ether oxygens (including phenoxy) is 1. The van der Waals surface area contributed by atoms with Crippen molar-refractivity contribution in [1.29, 1.82) is 0 Å². The van der Waals surface area contributed by atoms with Gasteiger partial charge in [-0.3, -0.25) is 0 Å². The molecule has 22 heavy (non-hydrogen) atoms. The smallest absolute Gasteiger partial charge is 0.211 e. The summed E-state index contributed by atoms with van der Waals surface area (Å²) in [6.45, 7) is 14.0. The third kappa shape index (κ3) is 7.90. The molecule has 0 saturated carbocycles. The molecule has 0 bridgehead atoms. The van der Waals surface area contributed by atoms with Crippen molar-refractivity contribution in [2.24, 2.45) is 11.7 Å². The Balaban J connectivity index is 0.00000211. The number of nitrogens with zero attached hydrogens (tertiary/aromatic N) is 1. The molecular formula is C16H36N2O3S. The van der Waals surface area contributed by atoms with E-state index < -0.39 is 10.0 Å². The highest BCUT2D eigenvalue weighted by Crippen LogP contribution is 2.32. The SMILES string of the molecule is CC.CC(C)(N)CCOC(C)(C)C1CCN(S(C)(=O)=O)CC1. The van der Waals surface area contributed by atoms with E-state index in [0.717, 1.165) is 19.3 Å². The highest BCUT2D eigenvalue weighted by molar-refractivity contribution is 7.88. The minimum atomic E-state index is -3.06. The molecule has 0 radical (unpaired) electrons. The van der Waals surface area contributed by atoms with Crippen LogP contribution in [0.5, 0.6) is 0 Å². The lowest BCUT2D eigenvalue weighted by Crippen LogP contribution is -2.45. The molecule has 0 unspecified atom stereocenters. The highest BCUT2D eigenvalue weighted by Gasteiger charge is 2.35. The zero-order chi connectivity index (χ0) is 17.6. The fourth-order valence-corrected chi connectivity index (χ4v) is 3.45. The molecular weight excluding hydrogens is 300 g/mol. The average Bonchev–Trinajstić information content (AvgIpc) is 2.38. The Hall–Kier alpha value is -0.170. The molecule has 0 atom stereocenters. The summed E-state index contributed by atoms with van der Waals surface area (Å²) in [7, 11) is -3.06. The molecule has 0 amide bonds. The molecule has 5 nitrogen and oxygen atoms in total. The van der Waals surface area contributed by atoms with Crippen LogP contribution in [0.2, 0.25) is 0 Å². The topological polar surface area (TPSA) is 72.6 Å². The molecule has 0 aromatic carbocycles. The second-order valence-electron chi connectivity index (χ2n) is 7.13. The van der Waals surface area contributed by atoms with Crippen LogP contribution in [0.25, 0.3) is 0 Å². The lowest BCUT2D eigenvalue weighted by molar-refractivity contribution is -0.0759. The summed E-state index contributed by atoms with van der Waals surface area (Å²) >= 11 is 0. The Morgan fingerprint density at radius 1 is 1.14 bits per heavy atom. The van der Waals surface area contributed by atoms with Gasteiger partial charge in [0, 0.05) is 25.2 Å². The number of piperidine rings is 1. The van der Waals surface area contributed by atoms with Crippen LogP contribution >= 0.6 is 0 Å². The van der Waals surface area contributed by atoms with Crippen LogP contribution in [0.3, 0.4) is 0 Å². The van der Waals surface area contributed by atoms with E-state index in [-0.39, 0.29) is 11.1 Å². The Morgan fingerprint density at radius 2 is 1.59 bits per heavy atom. The molecule has 1 fully saturated rings. The monoisotopic (exact) mass is 336 g/mol. The van der Waals surface area contributed by atoms with Gasteiger partial charge < -0.3 is 10.5 Å². The van der Waals surface area contributed by atoms with Gasteiger partial charge in [0.1, 0.15) is 0 Å². The fourth-order valence-electron chi connectivity index (χ4n) is 2.58. The Kier molecular flexibility index (Phi) is 8.55. The summed E-state index contributed by atoms with van der Waals surface area (Å²) < 4.78 is 30.6. The summed E-state index contributed by atoms with van der Waals surface area (Å²) in [6, 6.07) is 0. The van der Waals surface area contributed by atoms with E-state index in [1.54, 1.807) is 4.31 Å². The third-order valence-corrected chi connectivity index (χ3v) is 5.43. The van der Waals surface area contributed by atoms with Gasteiger partial charge in [-0.2, -0.15) is 0 Å². The molecule has 1 aliphatic heterocycles. The normalized spacial score (nSPS) is 18.7. The van der Waals surface area contributed by atoms with Crippen molar-refractivity contribution in [3.05, 3.63) is 0 Å². The molecule has 0 aromatic rings. The summed E-state index contributed by atoms with van der Waals surface area (Å²) in [6.07, 6.45) is 3.80. The van der Waals surface area contributed by atoms with E-state index >= 15 is 0 Å². The second-order valence-corrected chi connectivity index (χ2v) is 9.11. The third-order valence-electron chi connectivity index (χ3n) is 4.13. The van der Waals surface area contributed by atoms with Gasteiger partial charge in [-0.25, -0.2) is 12.7 Å². The molecule has 0 spiro atoms. The lowest BCUT2D eigenvalue weighted by atomic mass is 9.83. The standard InChI is InChI=1S/C14H30N2O3S.C2H6/c1-13(2,15)8-11-19-14(3,4)12-6-9-16(10-7-12)20(5,17)18;1-2/h12H,6-11,15H2,1-5H3;1-2H3. The molecule has 1 heterocycles. The van der Waals surface area contributed by atoms with Crippen LogP contribution in [-0.2, 0) is 14.8 Å². The number of hydrogen-bond donors (Lipinski definition) is 1. The number of rotatable bonds is 6. The lowest BCUT2D eigenvalue weighted by Gasteiger charge is -2.40. The van der Waals surface area contributed by atoms with Crippen molar-refractivity contribution >= 4 is 10.0 Å². The van der Waals surface area contributed by atoms with Gasteiger partial charge in [-0.05, 0) is 52.9 Å². The zero-order valence-electron chi connectivity index (χ0n) is 15.5. The van der Waals surface area contributed by atoms with E-state index in [2.05, 4.69) is 13.8 Å². The van der Waals surface area contributed by atoms with Gasteiger partial charge in [-0.15, -0.1) is 0 Å². The van der Waals surface area contributed by atoms with Crippen LogP contribution in [-0.4, -0.2) is 49.8 Å². The number of hydrogen-bond acceptors (Lipinski definition) is 4. The highest BCUT2D eigenvalue weighted by atomic mass is 32.2. The maximum Gasteiger partial charge on any atom is 0.211 e. The predicted octanol–water partition coefficient (Wildman–Crippen LogP) is 2.61. The van der Waals surface area contributed by atoms with Gasteiger partial charge in [0.15, 0.2) is 0 Å². The van der Waals surface area contributed by atoms with Gasteiger partial charge in [-0.1, -0.05) is 13.8 Å². The van der Waals surface area contributed by atoms with E-state index in [9.17, 15) is 8.42 Å². The largest absolute Gasteiger partial charge is 0.375 e. The van der Waals surface area contributed by atoms with Crippen molar-refractivity contribution in [3.63, 3.8) is 0 Å². The van der Waals surface area contributed by atoms with Gasteiger partial charge in [0.25, 0.3) is 0 Å². The van der Waals surface area contributed by atoms with Gasteiger partial charge >= 0.3 is 0 Å². The van der Waals surface area contributed by atoms with E-state index in [1.807, 2.05) is 27.7 Å². The van der Waals surface area contributed by atoms with Crippen molar-refractivity contribution in [2.45, 2.75) is 71.9 Å².